The molecule has 1 nitrogen and oxygen atoms in total. The van der Waals surface area contributed by atoms with Crippen LogP contribution in [0.3, 0.4) is 0 Å². The van der Waals surface area contributed by atoms with Crippen LogP contribution in [-0.2, 0) is 0 Å². The Labute approximate surface area is 120 Å². The molecule has 2 N–H and O–H groups in total. The number of fused-ring (bicyclic) bond motifs is 3. The van der Waals surface area contributed by atoms with Gasteiger partial charge in [-0.1, -0.05) is 48.5 Å². The summed E-state index contributed by atoms with van der Waals surface area (Å²) in [4.78, 5) is 0. The van der Waals surface area contributed by atoms with Crippen LogP contribution < -0.4 is 5.73 Å². The molecular formula is C17H14F3N. The summed E-state index contributed by atoms with van der Waals surface area (Å²) in [6.07, 6.45) is -5.29. The Balaban J connectivity index is 2.25. The van der Waals surface area contributed by atoms with Gasteiger partial charge < -0.3 is 5.73 Å². The first-order chi connectivity index (χ1) is 9.96. The predicted molar refractivity (Wildman–Crippen MR) is 79.1 cm³/mol. The fraction of sp³-hybridized carbons (Fsp3) is 0.176. The van der Waals surface area contributed by atoms with Crippen LogP contribution in [0.15, 0.2) is 54.6 Å². The Kier molecular flexibility index (Phi) is 3.33. The number of hydrogen-bond donors (Lipinski definition) is 1. The summed E-state index contributed by atoms with van der Waals surface area (Å²) in [5, 5.41) is 3.65. The maximum absolute atomic E-state index is 12.6. The molecule has 0 saturated carbocycles. The van der Waals surface area contributed by atoms with Gasteiger partial charge in [0.15, 0.2) is 0 Å². The van der Waals surface area contributed by atoms with Gasteiger partial charge in [-0.25, -0.2) is 0 Å². The highest BCUT2D eigenvalue weighted by molar-refractivity contribution is 6.09. The molecule has 0 unspecified atom stereocenters. The van der Waals surface area contributed by atoms with Gasteiger partial charge in [0.1, 0.15) is 0 Å². The first kappa shape index (κ1) is 13.9. The second-order valence-electron chi connectivity index (χ2n) is 5.16. The average molecular weight is 289 g/mol. The van der Waals surface area contributed by atoms with E-state index in [0.717, 1.165) is 21.5 Å². The monoisotopic (exact) mass is 289 g/mol. The van der Waals surface area contributed by atoms with Gasteiger partial charge in [-0.05, 0) is 33.2 Å². The number of halogens is 3. The molecule has 0 radical (unpaired) electrons. The minimum Gasteiger partial charge on any atom is -0.324 e. The molecule has 108 valence electrons. The molecule has 3 aromatic rings. The molecule has 0 amide bonds. The van der Waals surface area contributed by atoms with E-state index in [9.17, 15) is 13.2 Å². The standard InChI is InChI=1S/C17H14F3N/c18-17(19,20)10-16(21)15-9-11-5-1-2-6-12(11)13-7-3-4-8-14(13)15/h1-9,16H,10,21H2/t16-/m1/s1. The van der Waals surface area contributed by atoms with Gasteiger partial charge in [0.2, 0.25) is 0 Å². The van der Waals surface area contributed by atoms with Crippen LogP contribution >= 0.6 is 0 Å². The molecule has 0 bridgehead atoms. The number of hydrogen-bond acceptors (Lipinski definition) is 1. The molecule has 0 aliphatic rings. The molecule has 0 saturated heterocycles. The molecule has 3 aromatic carbocycles. The lowest BCUT2D eigenvalue weighted by molar-refractivity contribution is -0.138. The molecule has 0 aromatic heterocycles. The van der Waals surface area contributed by atoms with Crippen LogP contribution in [0.25, 0.3) is 21.5 Å². The normalized spacial score (nSPS) is 13.7. The van der Waals surface area contributed by atoms with Crippen molar-refractivity contribution >= 4 is 21.5 Å². The molecule has 4 heteroatoms. The second-order valence-corrected chi connectivity index (χ2v) is 5.16. The molecule has 1 atom stereocenters. The molecule has 0 heterocycles. The fourth-order valence-corrected chi connectivity index (χ4v) is 2.75. The molecule has 0 aliphatic carbocycles. The van der Waals surface area contributed by atoms with E-state index in [0.29, 0.717) is 5.56 Å². The Bertz CT molecular complexity index is 793. The summed E-state index contributed by atoms with van der Waals surface area (Å²) in [6, 6.07) is 15.8. The van der Waals surface area contributed by atoms with Crippen LogP contribution in [0.2, 0.25) is 0 Å². The van der Waals surface area contributed by atoms with Gasteiger partial charge in [-0.15, -0.1) is 0 Å². The summed E-state index contributed by atoms with van der Waals surface area (Å²) >= 11 is 0. The van der Waals surface area contributed by atoms with Crippen LogP contribution in [0.4, 0.5) is 13.2 Å². The van der Waals surface area contributed by atoms with Gasteiger partial charge in [-0.2, -0.15) is 13.2 Å². The smallest absolute Gasteiger partial charge is 0.324 e. The Morgan fingerprint density at radius 1 is 0.857 bits per heavy atom. The van der Waals surface area contributed by atoms with E-state index in [-0.39, 0.29) is 0 Å². The van der Waals surface area contributed by atoms with Gasteiger partial charge in [-0.3, -0.25) is 0 Å². The molecular weight excluding hydrogens is 275 g/mol. The number of alkyl halides is 3. The highest BCUT2D eigenvalue weighted by Gasteiger charge is 2.31. The predicted octanol–water partition coefficient (Wildman–Crippen LogP) is 4.95. The topological polar surface area (TPSA) is 26.0 Å². The van der Waals surface area contributed by atoms with Crippen molar-refractivity contribution in [3.8, 4) is 0 Å². The van der Waals surface area contributed by atoms with Crippen molar-refractivity contribution in [1.82, 2.24) is 0 Å². The van der Waals surface area contributed by atoms with E-state index in [1.807, 2.05) is 48.5 Å². The highest BCUT2D eigenvalue weighted by atomic mass is 19.4. The highest BCUT2D eigenvalue weighted by Crippen LogP contribution is 2.35. The van der Waals surface area contributed by atoms with Crippen LogP contribution in [-0.4, -0.2) is 6.18 Å². The third kappa shape index (κ3) is 2.72. The molecule has 0 fully saturated rings. The van der Waals surface area contributed by atoms with Gasteiger partial charge in [0.25, 0.3) is 0 Å². The number of rotatable bonds is 2. The van der Waals surface area contributed by atoms with Crippen LogP contribution in [0.1, 0.15) is 18.0 Å². The van der Waals surface area contributed by atoms with Gasteiger partial charge in [0.05, 0.1) is 6.42 Å². The van der Waals surface area contributed by atoms with E-state index in [1.165, 1.54) is 0 Å². The van der Waals surface area contributed by atoms with Crippen molar-refractivity contribution in [2.75, 3.05) is 0 Å². The summed E-state index contributed by atoms with van der Waals surface area (Å²) in [5.41, 5.74) is 6.36. The Hall–Kier alpha value is -2.07. The zero-order valence-corrected chi connectivity index (χ0v) is 11.2. The largest absolute Gasteiger partial charge is 0.390 e. The van der Waals surface area contributed by atoms with Crippen molar-refractivity contribution in [3.63, 3.8) is 0 Å². The first-order valence-electron chi connectivity index (χ1n) is 6.68. The summed E-state index contributed by atoms with van der Waals surface area (Å²) in [6.45, 7) is 0. The quantitative estimate of drug-likeness (QED) is 0.664. The maximum atomic E-state index is 12.6. The lowest BCUT2D eigenvalue weighted by Gasteiger charge is -2.18. The fourth-order valence-electron chi connectivity index (χ4n) is 2.75. The van der Waals surface area contributed by atoms with Crippen molar-refractivity contribution in [1.29, 1.82) is 0 Å². The minimum atomic E-state index is -4.27. The zero-order chi connectivity index (χ0) is 15.0. The maximum Gasteiger partial charge on any atom is 0.390 e. The number of benzene rings is 3. The van der Waals surface area contributed by atoms with E-state index >= 15 is 0 Å². The van der Waals surface area contributed by atoms with Gasteiger partial charge in [0, 0.05) is 6.04 Å². The van der Waals surface area contributed by atoms with Crippen molar-refractivity contribution in [2.45, 2.75) is 18.6 Å². The minimum absolute atomic E-state index is 0.543. The third-order valence-electron chi connectivity index (χ3n) is 3.65. The first-order valence-corrected chi connectivity index (χ1v) is 6.68. The third-order valence-corrected chi connectivity index (χ3v) is 3.65. The second kappa shape index (κ2) is 5.04. The van der Waals surface area contributed by atoms with Crippen LogP contribution in [0.5, 0.6) is 0 Å². The summed E-state index contributed by atoms with van der Waals surface area (Å²) in [5.74, 6) is 0. The number of nitrogens with two attached hydrogens (primary N) is 1. The Morgan fingerprint density at radius 3 is 2.10 bits per heavy atom. The molecule has 21 heavy (non-hydrogen) atoms. The molecule has 0 spiro atoms. The molecule has 3 rings (SSSR count). The lowest BCUT2D eigenvalue weighted by atomic mass is 9.92. The lowest BCUT2D eigenvalue weighted by Crippen LogP contribution is -2.20. The van der Waals surface area contributed by atoms with Crippen molar-refractivity contribution < 1.29 is 13.2 Å². The Morgan fingerprint density at radius 2 is 1.43 bits per heavy atom. The van der Waals surface area contributed by atoms with Gasteiger partial charge >= 0.3 is 6.18 Å². The molecule has 0 aliphatic heterocycles. The van der Waals surface area contributed by atoms with E-state index in [4.69, 9.17) is 5.73 Å². The van der Waals surface area contributed by atoms with Crippen molar-refractivity contribution in [3.05, 3.63) is 60.2 Å². The van der Waals surface area contributed by atoms with E-state index in [1.54, 1.807) is 6.07 Å². The van der Waals surface area contributed by atoms with Crippen molar-refractivity contribution in [2.24, 2.45) is 5.73 Å². The summed E-state index contributed by atoms with van der Waals surface area (Å²) in [7, 11) is 0. The van der Waals surface area contributed by atoms with E-state index < -0.39 is 18.6 Å². The average Bonchev–Trinajstić information content (AvgIpc) is 2.44. The van der Waals surface area contributed by atoms with E-state index in [2.05, 4.69) is 0 Å². The van der Waals surface area contributed by atoms with Crippen LogP contribution in [0, 0.1) is 0 Å². The SMILES string of the molecule is N[C@H](CC(F)(F)F)c1cc2ccccc2c2ccccc12. The zero-order valence-electron chi connectivity index (χ0n) is 11.2. The summed E-state index contributed by atoms with van der Waals surface area (Å²) < 4.78 is 37.9.